The van der Waals surface area contributed by atoms with Gasteiger partial charge in [0, 0.05) is 12.8 Å². The van der Waals surface area contributed by atoms with Gasteiger partial charge in [-0.1, -0.05) is 0 Å². The Morgan fingerprint density at radius 3 is 1.62 bits per heavy atom. The minimum absolute atomic E-state index is 0.0103. The summed E-state index contributed by atoms with van der Waals surface area (Å²) in [4.78, 5) is 46.3. The van der Waals surface area contributed by atoms with E-state index < -0.39 is 24.2 Å². The predicted octanol–water partition coefficient (Wildman–Crippen LogP) is -2.27. The van der Waals surface area contributed by atoms with Crippen LogP contribution in [0.3, 0.4) is 0 Å². The molecule has 0 aromatic heterocycles. The molecule has 6 N–H and O–H groups in total. The quantitative estimate of drug-likeness (QED) is 0.435. The molecular weight excluding hydrogens is 276 g/mol. The van der Waals surface area contributed by atoms with Gasteiger partial charge in [0.15, 0.2) is 11.6 Å². The molecule has 0 spiro atoms. The van der Waals surface area contributed by atoms with E-state index in [4.69, 9.17) is 11.5 Å². The van der Waals surface area contributed by atoms with Crippen molar-refractivity contribution < 1.29 is 19.2 Å². The molecule has 4 atom stereocenters. The van der Waals surface area contributed by atoms with Crippen molar-refractivity contribution in [2.45, 2.75) is 56.3 Å². The van der Waals surface area contributed by atoms with Gasteiger partial charge in [-0.3, -0.25) is 19.2 Å². The van der Waals surface area contributed by atoms with Crippen molar-refractivity contribution >= 4 is 23.4 Å². The summed E-state index contributed by atoms with van der Waals surface area (Å²) in [6.45, 7) is 0. The van der Waals surface area contributed by atoms with Crippen LogP contribution >= 0.6 is 0 Å². The van der Waals surface area contributed by atoms with Crippen molar-refractivity contribution in [3.8, 4) is 0 Å². The van der Waals surface area contributed by atoms with Crippen LogP contribution in [-0.2, 0) is 19.2 Å². The summed E-state index contributed by atoms with van der Waals surface area (Å²) >= 11 is 0. The molecule has 2 heterocycles. The molecule has 0 saturated carbocycles. The number of carbonyl (C=O) groups excluding carboxylic acids is 4. The highest BCUT2D eigenvalue weighted by Gasteiger charge is 2.35. The number of rotatable bonds is 6. The van der Waals surface area contributed by atoms with E-state index in [1.165, 1.54) is 0 Å². The van der Waals surface area contributed by atoms with Crippen LogP contribution in [0.1, 0.15) is 32.1 Å². The molecule has 2 amide bonds. The van der Waals surface area contributed by atoms with Gasteiger partial charge in [-0.25, -0.2) is 0 Å². The summed E-state index contributed by atoms with van der Waals surface area (Å²) in [7, 11) is 0. The number of hydrogen-bond donors (Lipinski definition) is 4. The Hall–Kier alpha value is -1.80. The molecular formula is C13H20N4O4. The van der Waals surface area contributed by atoms with Crippen LogP contribution in [0.5, 0.6) is 0 Å². The molecule has 2 fully saturated rings. The third-order valence-electron chi connectivity index (χ3n) is 3.92. The lowest BCUT2D eigenvalue weighted by molar-refractivity contribution is -0.127. The molecule has 0 aromatic carbocycles. The van der Waals surface area contributed by atoms with Crippen molar-refractivity contribution in [1.82, 2.24) is 10.6 Å². The normalized spacial score (nSPS) is 27.9. The van der Waals surface area contributed by atoms with Gasteiger partial charge in [0.05, 0.1) is 24.2 Å². The number of nitrogens with two attached hydrogens (primary N) is 2. The molecule has 0 bridgehead atoms. The molecule has 8 heteroatoms. The first-order valence-electron chi connectivity index (χ1n) is 7.06. The molecule has 0 radical (unpaired) electrons. The molecule has 116 valence electrons. The summed E-state index contributed by atoms with van der Waals surface area (Å²) < 4.78 is 0. The van der Waals surface area contributed by atoms with E-state index in [2.05, 4.69) is 10.6 Å². The fraction of sp³-hybridized carbons (Fsp3) is 0.692. The number of nitrogens with one attached hydrogen (secondary N) is 2. The van der Waals surface area contributed by atoms with Gasteiger partial charge in [0.2, 0.25) is 11.8 Å². The van der Waals surface area contributed by atoms with Gasteiger partial charge in [-0.15, -0.1) is 0 Å². The molecule has 0 aromatic rings. The van der Waals surface area contributed by atoms with E-state index in [1.807, 2.05) is 0 Å². The summed E-state index contributed by atoms with van der Waals surface area (Å²) in [5.74, 6) is -0.955. The summed E-state index contributed by atoms with van der Waals surface area (Å²) in [6.07, 6.45) is 1.47. The van der Waals surface area contributed by atoms with Gasteiger partial charge in [-0.2, -0.15) is 0 Å². The van der Waals surface area contributed by atoms with Gasteiger partial charge < -0.3 is 22.1 Å². The lowest BCUT2D eigenvalue weighted by Gasteiger charge is -2.20. The zero-order chi connectivity index (χ0) is 15.6. The molecule has 2 rings (SSSR count). The lowest BCUT2D eigenvalue weighted by Crippen LogP contribution is -2.50. The van der Waals surface area contributed by atoms with Gasteiger partial charge in [-0.05, 0) is 19.3 Å². The van der Waals surface area contributed by atoms with E-state index in [9.17, 15) is 19.2 Å². The van der Waals surface area contributed by atoms with Crippen LogP contribution in [0, 0.1) is 0 Å². The van der Waals surface area contributed by atoms with Crippen LogP contribution in [0.4, 0.5) is 0 Å². The summed E-state index contributed by atoms with van der Waals surface area (Å²) in [6, 6.07) is -2.96. The second-order valence-corrected chi connectivity index (χ2v) is 5.57. The Labute approximate surface area is 122 Å². The Balaban J connectivity index is 1.85. The van der Waals surface area contributed by atoms with E-state index in [0.29, 0.717) is 25.7 Å². The Morgan fingerprint density at radius 1 is 0.952 bits per heavy atom. The first kappa shape index (κ1) is 15.6. The second-order valence-electron chi connectivity index (χ2n) is 5.57. The first-order chi connectivity index (χ1) is 9.88. The Bertz CT molecular complexity index is 437. The molecule has 21 heavy (non-hydrogen) atoms. The van der Waals surface area contributed by atoms with E-state index in [0.717, 1.165) is 0 Å². The predicted molar refractivity (Wildman–Crippen MR) is 72.9 cm³/mol. The number of Topliss-reactive ketones (excluding diaryl/α,β-unsaturated/α-hetero) is 2. The maximum Gasteiger partial charge on any atom is 0.220 e. The maximum absolute atomic E-state index is 12.0. The van der Waals surface area contributed by atoms with E-state index in [-0.39, 0.29) is 29.8 Å². The van der Waals surface area contributed by atoms with Crippen molar-refractivity contribution in [3.05, 3.63) is 0 Å². The number of hydrogen-bond acceptors (Lipinski definition) is 6. The van der Waals surface area contributed by atoms with Crippen LogP contribution in [0.25, 0.3) is 0 Å². The smallest absolute Gasteiger partial charge is 0.220 e. The standard InChI is InChI=1S/C13H20N4O4/c14-6(12(20)8-1-3-10(18)16-8)5-7(15)13(21)9-2-4-11(19)17-9/h6-9H,1-5,14-15H2,(H,16,18)(H,17,19). The van der Waals surface area contributed by atoms with Crippen molar-refractivity contribution in [2.24, 2.45) is 11.5 Å². The van der Waals surface area contributed by atoms with Gasteiger partial charge >= 0.3 is 0 Å². The first-order valence-corrected chi connectivity index (χ1v) is 7.06. The van der Waals surface area contributed by atoms with E-state index in [1.54, 1.807) is 0 Å². The minimum Gasteiger partial charge on any atom is -0.346 e. The SMILES string of the molecule is NC(CC(N)C(=O)C1CCC(=O)N1)C(=O)C1CCC(=O)N1. The molecule has 0 aliphatic carbocycles. The van der Waals surface area contributed by atoms with Gasteiger partial charge in [0.1, 0.15) is 0 Å². The van der Waals surface area contributed by atoms with Crippen molar-refractivity contribution in [2.75, 3.05) is 0 Å². The highest BCUT2D eigenvalue weighted by atomic mass is 16.2. The minimum atomic E-state index is -0.899. The topological polar surface area (TPSA) is 144 Å². The van der Waals surface area contributed by atoms with Gasteiger partial charge in [0.25, 0.3) is 0 Å². The molecule has 2 aliphatic rings. The monoisotopic (exact) mass is 296 g/mol. The average Bonchev–Trinajstić information content (AvgIpc) is 3.05. The van der Waals surface area contributed by atoms with Crippen LogP contribution in [0.2, 0.25) is 0 Å². The summed E-state index contributed by atoms with van der Waals surface area (Å²) in [5, 5.41) is 5.09. The summed E-state index contributed by atoms with van der Waals surface area (Å²) in [5.41, 5.74) is 11.6. The second kappa shape index (κ2) is 6.31. The van der Waals surface area contributed by atoms with E-state index >= 15 is 0 Å². The highest BCUT2D eigenvalue weighted by Crippen LogP contribution is 2.13. The molecule has 8 nitrogen and oxygen atoms in total. The molecule has 4 unspecified atom stereocenters. The Kier molecular flexibility index (Phi) is 4.69. The molecule has 2 saturated heterocycles. The number of carbonyl (C=O) groups is 4. The van der Waals surface area contributed by atoms with Crippen LogP contribution < -0.4 is 22.1 Å². The highest BCUT2D eigenvalue weighted by molar-refractivity contribution is 5.97. The zero-order valence-corrected chi connectivity index (χ0v) is 11.6. The van der Waals surface area contributed by atoms with Crippen LogP contribution in [0.15, 0.2) is 0 Å². The maximum atomic E-state index is 12.0. The largest absolute Gasteiger partial charge is 0.346 e. The van der Waals surface area contributed by atoms with Crippen LogP contribution in [-0.4, -0.2) is 47.5 Å². The van der Waals surface area contributed by atoms with Crippen molar-refractivity contribution in [1.29, 1.82) is 0 Å². The number of amides is 2. The number of ketones is 2. The Morgan fingerprint density at radius 2 is 1.33 bits per heavy atom. The molecule has 2 aliphatic heterocycles. The zero-order valence-electron chi connectivity index (χ0n) is 11.6. The lowest BCUT2D eigenvalue weighted by atomic mass is 9.94. The average molecular weight is 296 g/mol. The third kappa shape index (κ3) is 3.64. The fourth-order valence-electron chi connectivity index (χ4n) is 2.68. The third-order valence-corrected chi connectivity index (χ3v) is 3.92. The van der Waals surface area contributed by atoms with Crippen molar-refractivity contribution in [3.63, 3.8) is 0 Å². The fourth-order valence-corrected chi connectivity index (χ4v) is 2.68.